The van der Waals surface area contributed by atoms with Gasteiger partial charge < -0.3 is 5.73 Å². The first-order valence-electron chi connectivity index (χ1n) is 6.53. The van der Waals surface area contributed by atoms with Crippen molar-refractivity contribution < 1.29 is 4.92 Å². The minimum absolute atomic E-state index is 0.178. The lowest BCUT2D eigenvalue weighted by Gasteiger charge is -2.28. The van der Waals surface area contributed by atoms with Crippen molar-refractivity contribution in [1.82, 2.24) is 0 Å². The van der Waals surface area contributed by atoms with E-state index >= 15 is 0 Å². The first-order chi connectivity index (χ1) is 8.52. The van der Waals surface area contributed by atoms with Gasteiger partial charge in [0, 0.05) is 17.2 Å². The van der Waals surface area contributed by atoms with E-state index in [9.17, 15) is 10.1 Å². The largest absolute Gasteiger partial charge is 0.325 e. The van der Waals surface area contributed by atoms with Crippen LogP contribution in [0.25, 0.3) is 0 Å². The third kappa shape index (κ3) is 3.81. The van der Waals surface area contributed by atoms with E-state index in [0.29, 0.717) is 6.42 Å². The van der Waals surface area contributed by atoms with E-state index in [1.54, 1.807) is 18.2 Å². The van der Waals surface area contributed by atoms with Crippen LogP contribution in [-0.4, -0.2) is 10.5 Å². The molecule has 1 aromatic rings. The van der Waals surface area contributed by atoms with Gasteiger partial charge in [-0.2, -0.15) is 0 Å². The molecule has 0 amide bonds. The zero-order valence-corrected chi connectivity index (χ0v) is 11.2. The average molecular weight is 250 g/mol. The standard InChI is InChI=1S/C14H22N2O2/c1-3-5-10-14(15,4-2)11-12-8-6-7-9-13(12)16(17)18/h6-9H,3-5,10-11,15H2,1-2H3. The van der Waals surface area contributed by atoms with Crippen molar-refractivity contribution in [3.8, 4) is 0 Å². The second-order valence-electron chi connectivity index (χ2n) is 4.88. The van der Waals surface area contributed by atoms with Gasteiger partial charge in [0.25, 0.3) is 5.69 Å². The Kier molecular flexibility index (Phi) is 5.28. The number of unbranched alkanes of at least 4 members (excludes halogenated alkanes) is 1. The number of hydrogen-bond acceptors (Lipinski definition) is 3. The summed E-state index contributed by atoms with van der Waals surface area (Å²) in [5.41, 5.74) is 6.95. The molecule has 4 heteroatoms. The molecular weight excluding hydrogens is 228 g/mol. The Hall–Kier alpha value is -1.42. The summed E-state index contributed by atoms with van der Waals surface area (Å²) >= 11 is 0. The van der Waals surface area contributed by atoms with Gasteiger partial charge in [-0.25, -0.2) is 0 Å². The van der Waals surface area contributed by atoms with Crippen molar-refractivity contribution in [2.75, 3.05) is 0 Å². The summed E-state index contributed by atoms with van der Waals surface area (Å²) in [4.78, 5) is 10.6. The molecule has 0 radical (unpaired) electrons. The summed E-state index contributed by atoms with van der Waals surface area (Å²) < 4.78 is 0. The molecule has 0 saturated carbocycles. The molecule has 1 aromatic carbocycles. The quantitative estimate of drug-likeness (QED) is 0.595. The Balaban J connectivity index is 2.90. The molecule has 18 heavy (non-hydrogen) atoms. The highest BCUT2D eigenvalue weighted by atomic mass is 16.6. The van der Waals surface area contributed by atoms with E-state index in [0.717, 1.165) is 31.2 Å². The normalized spacial score (nSPS) is 14.2. The summed E-state index contributed by atoms with van der Waals surface area (Å²) in [6, 6.07) is 6.88. The van der Waals surface area contributed by atoms with E-state index in [4.69, 9.17) is 5.73 Å². The fourth-order valence-corrected chi connectivity index (χ4v) is 2.14. The molecule has 0 bridgehead atoms. The number of benzene rings is 1. The van der Waals surface area contributed by atoms with Crippen LogP contribution in [0.5, 0.6) is 0 Å². The topological polar surface area (TPSA) is 69.2 Å². The number of para-hydroxylation sites is 1. The zero-order chi connectivity index (χ0) is 13.6. The van der Waals surface area contributed by atoms with Crippen LogP contribution in [0.4, 0.5) is 5.69 Å². The molecule has 0 saturated heterocycles. The second-order valence-corrected chi connectivity index (χ2v) is 4.88. The molecule has 4 nitrogen and oxygen atoms in total. The smallest absolute Gasteiger partial charge is 0.272 e. The first kappa shape index (κ1) is 14.6. The highest BCUT2D eigenvalue weighted by molar-refractivity contribution is 5.40. The monoisotopic (exact) mass is 250 g/mol. The summed E-state index contributed by atoms with van der Waals surface area (Å²) in [7, 11) is 0. The Morgan fingerprint density at radius 2 is 2.00 bits per heavy atom. The van der Waals surface area contributed by atoms with Gasteiger partial charge in [-0.15, -0.1) is 0 Å². The first-order valence-corrected chi connectivity index (χ1v) is 6.53. The Labute approximate surface area is 108 Å². The maximum atomic E-state index is 11.0. The van der Waals surface area contributed by atoms with Crippen molar-refractivity contribution in [3.05, 3.63) is 39.9 Å². The molecular formula is C14H22N2O2. The van der Waals surface area contributed by atoms with Crippen molar-refractivity contribution >= 4 is 5.69 Å². The Bertz CT molecular complexity index is 407. The van der Waals surface area contributed by atoms with Crippen molar-refractivity contribution in [1.29, 1.82) is 0 Å². The van der Waals surface area contributed by atoms with Crippen molar-refractivity contribution in [3.63, 3.8) is 0 Å². The maximum Gasteiger partial charge on any atom is 0.272 e. The van der Waals surface area contributed by atoms with Crippen LogP contribution in [0.1, 0.15) is 45.1 Å². The van der Waals surface area contributed by atoms with Gasteiger partial charge in [-0.3, -0.25) is 10.1 Å². The molecule has 0 aliphatic heterocycles. The van der Waals surface area contributed by atoms with Crippen LogP contribution in [0.2, 0.25) is 0 Å². The number of nitrogens with zero attached hydrogens (tertiary/aromatic N) is 1. The van der Waals surface area contributed by atoms with Crippen LogP contribution < -0.4 is 5.73 Å². The van der Waals surface area contributed by atoms with Gasteiger partial charge in [0.1, 0.15) is 0 Å². The Morgan fingerprint density at radius 3 is 2.56 bits per heavy atom. The van der Waals surface area contributed by atoms with Crippen LogP contribution in [0, 0.1) is 10.1 Å². The van der Waals surface area contributed by atoms with Crippen molar-refractivity contribution in [2.24, 2.45) is 5.73 Å². The number of hydrogen-bond donors (Lipinski definition) is 1. The van der Waals surface area contributed by atoms with Crippen LogP contribution >= 0.6 is 0 Å². The molecule has 1 rings (SSSR count). The van der Waals surface area contributed by atoms with Crippen LogP contribution in [-0.2, 0) is 6.42 Å². The number of nitrogens with two attached hydrogens (primary N) is 1. The summed E-state index contributed by atoms with van der Waals surface area (Å²) in [5, 5.41) is 11.0. The van der Waals surface area contributed by atoms with Gasteiger partial charge in [0.05, 0.1) is 4.92 Å². The van der Waals surface area contributed by atoms with Gasteiger partial charge in [-0.05, 0) is 19.3 Å². The summed E-state index contributed by atoms with van der Waals surface area (Å²) in [5.74, 6) is 0. The highest BCUT2D eigenvalue weighted by Crippen LogP contribution is 2.26. The molecule has 0 spiro atoms. The van der Waals surface area contributed by atoms with E-state index in [-0.39, 0.29) is 16.1 Å². The molecule has 0 aliphatic rings. The Morgan fingerprint density at radius 1 is 1.33 bits per heavy atom. The maximum absolute atomic E-state index is 11.0. The summed E-state index contributed by atoms with van der Waals surface area (Å²) in [6.45, 7) is 4.17. The van der Waals surface area contributed by atoms with Gasteiger partial charge in [0.2, 0.25) is 0 Å². The molecule has 0 fully saturated rings. The molecule has 100 valence electrons. The molecule has 0 heterocycles. The molecule has 0 aromatic heterocycles. The average Bonchev–Trinajstić information content (AvgIpc) is 2.37. The van der Waals surface area contributed by atoms with E-state index in [2.05, 4.69) is 6.92 Å². The van der Waals surface area contributed by atoms with Crippen LogP contribution in [0.3, 0.4) is 0 Å². The fraction of sp³-hybridized carbons (Fsp3) is 0.571. The van der Waals surface area contributed by atoms with E-state index in [1.807, 2.05) is 13.0 Å². The molecule has 2 N–H and O–H groups in total. The predicted octanol–water partition coefficient (Wildman–Crippen LogP) is 3.44. The fourth-order valence-electron chi connectivity index (χ4n) is 2.14. The third-order valence-corrected chi connectivity index (χ3v) is 3.46. The zero-order valence-electron chi connectivity index (χ0n) is 11.2. The number of nitro groups is 1. The lowest BCUT2D eigenvalue weighted by Crippen LogP contribution is -2.41. The predicted molar refractivity (Wildman–Crippen MR) is 73.5 cm³/mol. The lowest BCUT2D eigenvalue weighted by atomic mass is 9.84. The van der Waals surface area contributed by atoms with Crippen LogP contribution in [0.15, 0.2) is 24.3 Å². The highest BCUT2D eigenvalue weighted by Gasteiger charge is 2.26. The number of nitro benzene ring substituents is 1. The van der Waals surface area contributed by atoms with Crippen molar-refractivity contribution in [2.45, 2.75) is 51.5 Å². The summed E-state index contributed by atoms with van der Waals surface area (Å²) in [6.07, 6.45) is 4.46. The van der Waals surface area contributed by atoms with Gasteiger partial charge in [-0.1, -0.05) is 44.9 Å². The minimum atomic E-state index is -0.331. The van der Waals surface area contributed by atoms with Gasteiger partial charge in [0.15, 0.2) is 0 Å². The SMILES string of the molecule is CCCCC(N)(CC)Cc1ccccc1[N+](=O)[O-]. The molecule has 0 aliphatic carbocycles. The lowest BCUT2D eigenvalue weighted by molar-refractivity contribution is -0.385. The minimum Gasteiger partial charge on any atom is -0.325 e. The number of rotatable bonds is 7. The third-order valence-electron chi connectivity index (χ3n) is 3.46. The molecule has 1 atom stereocenters. The molecule has 1 unspecified atom stereocenters. The van der Waals surface area contributed by atoms with Gasteiger partial charge >= 0.3 is 0 Å². The van der Waals surface area contributed by atoms with E-state index in [1.165, 1.54) is 0 Å². The van der Waals surface area contributed by atoms with E-state index < -0.39 is 0 Å². The second kappa shape index (κ2) is 6.50.